The van der Waals surface area contributed by atoms with Crippen LogP contribution in [0.25, 0.3) is 0 Å². The van der Waals surface area contributed by atoms with E-state index in [1.807, 2.05) is 0 Å². The van der Waals surface area contributed by atoms with Crippen LogP contribution < -0.4 is 4.74 Å². The molecule has 0 saturated heterocycles. The highest BCUT2D eigenvalue weighted by Crippen LogP contribution is 2.43. The molecule has 0 aromatic heterocycles. The van der Waals surface area contributed by atoms with E-state index < -0.39 is 34.3 Å². The van der Waals surface area contributed by atoms with Crippen LogP contribution in [0.3, 0.4) is 0 Å². The van der Waals surface area contributed by atoms with Crippen molar-refractivity contribution in [3.05, 3.63) is 82.7 Å². The van der Waals surface area contributed by atoms with E-state index in [-0.39, 0.29) is 10.6 Å². The molecule has 0 bridgehead atoms. The molecule has 138 valence electrons. The second kappa shape index (κ2) is 8.08. The predicted molar refractivity (Wildman–Crippen MR) is 97.6 cm³/mol. The molecule has 3 aromatic carbocycles. The summed E-state index contributed by atoms with van der Waals surface area (Å²) in [6.07, 6.45) is 0. The highest BCUT2D eigenvalue weighted by atomic mass is 32.2. The normalized spacial score (nSPS) is 10.2. The number of hydrogen-bond acceptors (Lipinski definition) is 4. The average molecular weight is 396 g/mol. The van der Waals surface area contributed by atoms with E-state index in [2.05, 4.69) is 0 Å². The number of aryl methyl sites for hydroxylation is 1. The standard InChI is InChI=1S/C21H11F3N2OS/c1-12-4-2-3-5-17(12)27-20-18(23)15(10-25)16(11-26)19(24)21(20)28-14-8-6-13(22)7-9-14/h2-9H,1H3. The van der Waals surface area contributed by atoms with Crippen molar-refractivity contribution in [2.75, 3.05) is 0 Å². The van der Waals surface area contributed by atoms with Crippen LogP contribution in [-0.2, 0) is 0 Å². The topological polar surface area (TPSA) is 56.8 Å². The lowest BCUT2D eigenvalue weighted by atomic mass is 10.1. The van der Waals surface area contributed by atoms with Gasteiger partial charge in [0.2, 0.25) is 0 Å². The monoisotopic (exact) mass is 396 g/mol. The Balaban J connectivity index is 2.21. The van der Waals surface area contributed by atoms with Crippen molar-refractivity contribution < 1.29 is 17.9 Å². The van der Waals surface area contributed by atoms with Crippen LogP contribution in [0.5, 0.6) is 11.5 Å². The summed E-state index contributed by atoms with van der Waals surface area (Å²) in [7, 11) is 0. The predicted octanol–water partition coefficient (Wildman–Crippen LogP) is 6.10. The van der Waals surface area contributed by atoms with Crippen LogP contribution in [0.15, 0.2) is 58.3 Å². The van der Waals surface area contributed by atoms with Crippen LogP contribution in [0.4, 0.5) is 13.2 Å². The summed E-state index contributed by atoms with van der Waals surface area (Å²) in [5, 5.41) is 18.4. The fraction of sp³-hybridized carbons (Fsp3) is 0.0476. The van der Waals surface area contributed by atoms with E-state index in [4.69, 9.17) is 4.74 Å². The number of halogens is 3. The average Bonchev–Trinajstić information content (AvgIpc) is 2.69. The van der Waals surface area contributed by atoms with Crippen molar-refractivity contribution in [1.82, 2.24) is 0 Å². The summed E-state index contributed by atoms with van der Waals surface area (Å²) >= 11 is 0.770. The van der Waals surface area contributed by atoms with E-state index in [1.165, 1.54) is 36.4 Å². The van der Waals surface area contributed by atoms with Crippen LogP contribution in [0.2, 0.25) is 0 Å². The van der Waals surface area contributed by atoms with Crippen LogP contribution in [0, 0.1) is 47.0 Å². The molecule has 3 rings (SSSR count). The maximum atomic E-state index is 15.0. The largest absolute Gasteiger partial charge is 0.453 e. The van der Waals surface area contributed by atoms with Gasteiger partial charge in [0.15, 0.2) is 17.4 Å². The van der Waals surface area contributed by atoms with E-state index >= 15 is 8.78 Å². The number of benzene rings is 3. The van der Waals surface area contributed by atoms with Gasteiger partial charge in [-0.2, -0.15) is 10.5 Å². The number of nitrogens with zero attached hydrogens (tertiary/aromatic N) is 2. The minimum atomic E-state index is -1.13. The van der Waals surface area contributed by atoms with Crippen LogP contribution >= 0.6 is 11.8 Å². The van der Waals surface area contributed by atoms with E-state index in [0.29, 0.717) is 10.5 Å². The maximum absolute atomic E-state index is 15.0. The van der Waals surface area contributed by atoms with Gasteiger partial charge in [0.05, 0.1) is 4.90 Å². The zero-order valence-electron chi connectivity index (χ0n) is 14.5. The Morgan fingerprint density at radius 3 is 2.07 bits per heavy atom. The Bertz CT molecular complexity index is 1130. The minimum absolute atomic E-state index is 0.273. The Morgan fingerprint density at radius 2 is 1.46 bits per heavy atom. The summed E-state index contributed by atoms with van der Waals surface area (Å²) in [6.45, 7) is 1.73. The van der Waals surface area contributed by atoms with Gasteiger partial charge in [0.25, 0.3) is 0 Å². The molecule has 0 heterocycles. The summed E-state index contributed by atoms with van der Waals surface area (Å²) in [4.78, 5) is 0.103. The zero-order chi connectivity index (χ0) is 20.3. The fourth-order valence-electron chi connectivity index (χ4n) is 2.44. The summed E-state index contributed by atoms with van der Waals surface area (Å²) in [5.74, 6) is -2.91. The summed E-state index contributed by atoms with van der Waals surface area (Å²) in [6, 6.07) is 14.9. The van der Waals surface area contributed by atoms with Crippen LogP contribution in [-0.4, -0.2) is 0 Å². The molecule has 0 aliphatic carbocycles. The second-order valence-corrected chi connectivity index (χ2v) is 6.77. The first-order valence-electron chi connectivity index (χ1n) is 7.98. The van der Waals surface area contributed by atoms with Crippen molar-refractivity contribution in [1.29, 1.82) is 10.5 Å². The molecule has 0 aliphatic heterocycles. The molecule has 0 spiro atoms. The van der Waals surface area contributed by atoms with Gasteiger partial charge in [-0.15, -0.1) is 0 Å². The van der Waals surface area contributed by atoms with Crippen molar-refractivity contribution in [3.8, 4) is 23.6 Å². The minimum Gasteiger partial charge on any atom is -0.453 e. The lowest BCUT2D eigenvalue weighted by Crippen LogP contribution is -2.03. The molecule has 0 unspecified atom stereocenters. The van der Waals surface area contributed by atoms with Crippen LogP contribution in [0.1, 0.15) is 16.7 Å². The zero-order valence-corrected chi connectivity index (χ0v) is 15.3. The number of ether oxygens (including phenoxy) is 1. The molecule has 3 aromatic rings. The Morgan fingerprint density at radius 1 is 0.857 bits per heavy atom. The van der Waals surface area contributed by atoms with Crippen molar-refractivity contribution in [3.63, 3.8) is 0 Å². The molecule has 28 heavy (non-hydrogen) atoms. The quantitative estimate of drug-likeness (QED) is 0.535. The molecule has 0 amide bonds. The van der Waals surface area contributed by atoms with E-state index in [1.54, 1.807) is 31.2 Å². The Kier molecular flexibility index (Phi) is 5.58. The van der Waals surface area contributed by atoms with Gasteiger partial charge in [0, 0.05) is 4.90 Å². The van der Waals surface area contributed by atoms with Crippen molar-refractivity contribution in [2.24, 2.45) is 0 Å². The maximum Gasteiger partial charge on any atom is 0.186 e. The van der Waals surface area contributed by atoms with E-state index in [9.17, 15) is 14.9 Å². The summed E-state index contributed by atoms with van der Waals surface area (Å²) < 4.78 is 48.8. The first-order valence-corrected chi connectivity index (χ1v) is 8.80. The van der Waals surface area contributed by atoms with Gasteiger partial charge in [-0.3, -0.25) is 0 Å². The first kappa shape index (κ1) is 19.3. The smallest absolute Gasteiger partial charge is 0.186 e. The van der Waals surface area contributed by atoms with Crippen molar-refractivity contribution in [2.45, 2.75) is 16.7 Å². The van der Waals surface area contributed by atoms with Gasteiger partial charge in [-0.25, -0.2) is 13.2 Å². The number of para-hydroxylation sites is 1. The molecule has 0 saturated carbocycles. The number of rotatable bonds is 4. The molecule has 0 aliphatic rings. The third-order valence-corrected chi connectivity index (χ3v) is 4.93. The molecule has 0 atom stereocenters. The van der Waals surface area contributed by atoms with Gasteiger partial charge in [-0.1, -0.05) is 30.0 Å². The first-order chi connectivity index (χ1) is 13.5. The molecule has 0 N–H and O–H groups in total. The molecule has 0 radical (unpaired) electrons. The number of hydrogen-bond donors (Lipinski definition) is 0. The molecular formula is C21H11F3N2OS. The van der Waals surface area contributed by atoms with Crippen molar-refractivity contribution >= 4 is 11.8 Å². The Labute approximate surface area is 163 Å². The van der Waals surface area contributed by atoms with Gasteiger partial charge in [0.1, 0.15) is 34.8 Å². The molecule has 3 nitrogen and oxygen atoms in total. The second-order valence-electron chi connectivity index (χ2n) is 5.68. The third kappa shape index (κ3) is 3.66. The lowest BCUT2D eigenvalue weighted by Gasteiger charge is -2.16. The lowest BCUT2D eigenvalue weighted by molar-refractivity contribution is 0.416. The summed E-state index contributed by atoms with van der Waals surface area (Å²) in [5.41, 5.74) is -0.767. The highest BCUT2D eigenvalue weighted by Gasteiger charge is 2.27. The molecule has 0 fully saturated rings. The molecular weight excluding hydrogens is 385 g/mol. The van der Waals surface area contributed by atoms with Gasteiger partial charge < -0.3 is 4.74 Å². The van der Waals surface area contributed by atoms with E-state index in [0.717, 1.165) is 11.8 Å². The molecule has 7 heteroatoms. The number of nitriles is 2. The van der Waals surface area contributed by atoms with Gasteiger partial charge >= 0.3 is 0 Å². The third-order valence-electron chi connectivity index (χ3n) is 3.86. The fourth-order valence-corrected chi connectivity index (χ4v) is 3.36. The highest BCUT2D eigenvalue weighted by molar-refractivity contribution is 7.99. The Hall–Kier alpha value is -3.42. The van der Waals surface area contributed by atoms with Gasteiger partial charge in [-0.05, 0) is 42.8 Å². The SMILES string of the molecule is Cc1ccccc1Oc1c(F)c(C#N)c(C#N)c(F)c1Sc1ccc(F)cc1.